The maximum Gasteiger partial charge on any atom is 0.224 e. The summed E-state index contributed by atoms with van der Waals surface area (Å²) in [7, 11) is -2.94. The van der Waals surface area contributed by atoms with Crippen molar-refractivity contribution in [1.29, 1.82) is 0 Å². The fourth-order valence-corrected chi connectivity index (χ4v) is 2.08. The summed E-state index contributed by atoms with van der Waals surface area (Å²) in [5, 5.41) is 6.03. The summed E-state index contributed by atoms with van der Waals surface area (Å²) in [6.45, 7) is 6.59. The molecule has 102 valence electrons. The van der Waals surface area contributed by atoms with Gasteiger partial charge in [-0.3, -0.25) is 0 Å². The van der Waals surface area contributed by atoms with Crippen LogP contribution in [0.15, 0.2) is 6.07 Å². The summed E-state index contributed by atoms with van der Waals surface area (Å²) in [5.74, 6) is 1.48. The first kappa shape index (κ1) is 14.7. The summed E-state index contributed by atoms with van der Waals surface area (Å²) < 4.78 is 22.7. The molecule has 1 heterocycles. The maximum absolute atomic E-state index is 11.3. The first-order valence-corrected chi connectivity index (χ1v) is 7.83. The number of nitrogens with one attached hydrogen (secondary N) is 2. The summed E-state index contributed by atoms with van der Waals surface area (Å²) in [6.07, 6.45) is 0. The van der Waals surface area contributed by atoms with Crippen LogP contribution in [0.4, 0.5) is 11.8 Å². The average molecular weight is 272 g/mol. The molecule has 0 bridgehead atoms. The molecule has 0 saturated carbocycles. The van der Waals surface area contributed by atoms with E-state index in [0.29, 0.717) is 18.3 Å². The smallest absolute Gasteiger partial charge is 0.224 e. The lowest BCUT2D eigenvalue weighted by Crippen LogP contribution is -2.18. The van der Waals surface area contributed by atoms with Gasteiger partial charge in [-0.05, 0) is 13.8 Å². The highest BCUT2D eigenvalue weighted by Crippen LogP contribution is 2.09. The van der Waals surface area contributed by atoms with Gasteiger partial charge in [0.1, 0.15) is 5.82 Å². The molecule has 0 aromatic carbocycles. The van der Waals surface area contributed by atoms with Gasteiger partial charge in [0.15, 0.2) is 9.84 Å². The van der Waals surface area contributed by atoms with Gasteiger partial charge in [-0.15, -0.1) is 0 Å². The number of aryl methyl sites for hydroxylation is 1. The molecule has 0 spiro atoms. The lowest BCUT2D eigenvalue weighted by molar-refractivity contribution is 0.597. The van der Waals surface area contributed by atoms with E-state index in [4.69, 9.17) is 0 Å². The summed E-state index contributed by atoms with van der Waals surface area (Å²) >= 11 is 0. The third-order valence-corrected chi connectivity index (χ3v) is 4.05. The second-order valence-electron chi connectivity index (χ2n) is 3.91. The largest absolute Gasteiger partial charge is 0.369 e. The normalized spacial score (nSPS) is 11.3. The molecule has 0 aliphatic heterocycles. The molecule has 0 unspecified atom stereocenters. The number of sulfone groups is 1. The van der Waals surface area contributed by atoms with Crippen molar-refractivity contribution in [3.05, 3.63) is 11.8 Å². The second kappa shape index (κ2) is 6.53. The van der Waals surface area contributed by atoms with E-state index in [-0.39, 0.29) is 11.5 Å². The molecular formula is C11H20N4O2S. The molecule has 18 heavy (non-hydrogen) atoms. The first-order valence-electron chi connectivity index (χ1n) is 6.00. The Morgan fingerprint density at radius 2 is 1.94 bits per heavy atom. The molecule has 0 atom stereocenters. The number of anilines is 2. The predicted molar refractivity (Wildman–Crippen MR) is 73.8 cm³/mol. The Kier molecular flexibility index (Phi) is 5.33. The quantitative estimate of drug-likeness (QED) is 0.772. The second-order valence-corrected chi connectivity index (χ2v) is 6.38. The van der Waals surface area contributed by atoms with E-state index in [2.05, 4.69) is 20.6 Å². The van der Waals surface area contributed by atoms with E-state index in [1.807, 2.05) is 13.8 Å². The molecule has 0 radical (unpaired) electrons. The zero-order valence-corrected chi connectivity index (χ0v) is 11.8. The Labute approximate surface area is 108 Å². The molecular weight excluding hydrogens is 252 g/mol. The monoisotopic (exact) mass is 272 g/mol. The Morgan fingerprint density at radius 1 is 1.22 bits per heavy atom. The van der Waals surface area contributed by atoms with Gasteiger partial charge in [-0.25, -0.2) is 13.4 Å². The zero-order chi connectivity index (χ0) is 13.6. The number of nitrogens with zero attached hydrogens (tertiary/aromatic N) is 2. The van der Waals surface area contributed by atoms with Crippen LogP contribution in [0.25, 0.3) is 0 Å². The van der Waals surface area contributed by atoms with Gasteiger partial charge in [-0.2, -0.15) is 4.98 Å². The van der Waals surface area contributed by atoms with E-state index in [1.54, 1.807) is 13.0 Å². The zero-order valence-electron chi connectivity index (χ0n) is 11.0. The number of rotatable bonds is 7. The van der Waals surface area contributed by atoms with Crippen molar-refractivity contribution in [2.24, 2.45) is 0 Å². The summed E-state index contributed by atoms with van der Waals surface area (Å²) in [5.41, 5.74) is 0.835. The van der Waals surface area contributed by atoms with Crippen LogP contribution in [0.2, 0.25) is 0 Å². The fourth-order valence-electron chi connectivity index (χ4n) is 1.38. The minimum absolute atomic E-state index is 0.114. The topological polar surface area (TPSA) is 84.0 Å². The number of hydrogen-bond donors (Lipinski definition) is 2. The minimum Gasteiger partial charge on any atom is -0.369 e. The predicted octanol–water partition coefficient (Wildman–Crippen LogP) is 1.06. The van der Waals surface area contributed by atoms with Gasteiger partial charge in [0.25, 0.3) is 0 Å². The van der Waals surface area contributed by atoms with Crippen LogP contribution in [0.3, 0.4) is 0 Å². The molecule has 2 N–H and O–H groups in total. The third kappa shape index (κ3) is 4.87. The molecule has 1 rings (SSSR count). The van der Waals surface area contributed by atoms with Crippen molar-refractivity contribution in [2.45, 2.75) is 20.8 Å². The van der Waals surface area contributed by atoms with Gasteiger partial charge < -0.3 is 10.6 Å². The number of hydrogen-bond acceptors (Lipinski definition) is 6. The summed E-state index contributed by atoms with van der Waals surface area (Å²) in [4.78, 5) is 8.46. The van der Waals surface area contributed by atoms with Crippen LogP contribution < -0.4 is 10.6 Å². The molecule has 1 aromatic rings. The lowest BCUT2D eigenvalue weighted by atomic mass is 10.4. The van der Waals surface area contributed by atoms with Gasteiger partial charge in [0.2, 0.25) is 5.95 Å². The van der Waals surface area contributed by atoms with Crippen LogP contribution in [0, 0.1) is 6.92 Å². The minimum atomic E-state index is -2.94. The summed E-state index contributed by atoms with van der Waals surface area (Å²) in [6, 6.07) is 1.79. The molecule has 7 heteroatoms. The Morgan fingerprint density at radius 3 is 2.56 bits per heavy atom. The van der Waals surface area contributed by atoms with Gasteiger partial charge in [-0.1, -0.05) is 6.92 Å². The van der Waals surface area contributed by atoms with Crippen LogP contribution in [0.1, 0.15) is 19.5 Å². The Hall–Kier alpha value is -1.37. The van der Waals surface area contributed by atoms with Crippen molar-refractivity contribution in [3.63, 3.8) is 0 Å². The molecule has 1 aromatic heterocycles. The van der Waals surface area contributed by atoms with Crippen molar-refractivity contribution in [1.82, 2.24) is 9.97 Å². The van der Waals surface area contributed by atoms with Crippen molar-refractivity contribution >= 4 is 21.6 Å². The van der Waals surface area contributed by atoms with Crippen LogP contribution >= 0.6 is 0 Å². The lowest BCUT2D eigenvalue weighted by Gasteiger charge is -2.08. The van der Waals surface area contributed by atoms with E-state index >= 15 is 0 Å². The fraction of sp³-hybridized carbons (Fsp3) is 0.636. The molecule has 0 fully saturated rings. The highest BCUT2D eigenvalue weighted by molar-refractivity contribution is 7.91. The van der Waals surface area contributed by atoms with E-state index in [0.717, 1.165) is 12.2 Å². The van der Waals surface area contributed by atoms with E-state index < -0.39 is 9.84 Å². The van der Waals surface area contributed by atoms with Crippen LogP contribution in [-0.4, -0.2) is 43.0 Å². The third-order valence-electron chi connectivity index (χ3n) is 2.35. The van der Waals surface area contributed by atoms with Gasteiger partial charge in [0, 0.05) is 30.6 Å². The molecule has 0 saturated heterocycles. The molecule has 6 nitrogen and oxygen atoms in total. The Balaban J connectivity index is 2.62. The standard InChI is InChI=1S/C11H20N4O2S/c1-4-12-11-14-9(3)8-10(15-11)13-6-7-18(16,17)5-2/h8H,4-7H2,1-3H3,(H2,12,13,14,15). The van der Waals surface area contributed by atoms with Crippen LogP contribution in [-0.2, 0) is 9.84 Å². The molecule has 0 aliphatic rings. The van der Waals surface area contributed by atoms with Gasteiger partial charge >= 0.3 is 0 Å². The van der Waals surface area contributed by atoms with E-state index in [1.165, 1.54) is 0 Å². The van der Waals surface area contributed by atoms with Crippen molar-refractivity contribution in [2.75, 3.05) is 35.2 Å². The van der Waals surface area contributed by atoms with Gasteiger partial charge in [0.05, 0.1) is 5.75 Å². The van der Waals surface area contributed by atoms with Crippen LogP contribution in [0.5, 0.6) is 0 Å². The highest BCUT2D eigenvalue weighted by atomic mass is 32.2. The molecule has 0 amide bonds. The number of aromatic nitrogens is 2. The SMILES string of the molecule is CCNc1nc(C)cc(NCCS(=O)(=O)CC)n1. The molecule has 0 aliphatic carbocycles. The maximum atomic E-state index is 11.3. The Bertz CT molecular complexity index is 488. The average Bonchev–Trinajstić information content (AvgIpc) is 2.28. The first-order chi connectivity index (χ1) is 8.46. The van der Waals surface area contributed by atoms with E-state index in [9.17, 15) is 8.42 Å². The van der Waals surface area contributed by atoms with Crippen molar-refractivity contribution in [3.8, 4) is 0 Å². The highest BCUT2D eigenvalue weighted by Gasteiger charge is 2.07. The van der Waals surface area contributed by atoms with Crippen molar-refractivity contribution < 1.29 is 8.42 Å².